The van der Waals surface area contributed by atoms with E-state index >= 15 is 0 Å². The Morgan fingerprint density at radius 1 is 1.05 bits per heavy atom. The van der Waals surface area contributed by atoms with Gasteiger partial charge in [0.2, 0.25) is 5.91 Å². The van der Waals surface area contributed by atoms with Crippen LogP contribution in [-0.2, 0) is 4.79 Å². The fourth-order valence-corrected chi connectivity index (χ4v) is 3.43. The summed E-state index contributed by atoms with van der Waals surface area (Å²) in [5, 5.41) is 14.5. The van der Waals surface area contributed by atoms with Crippen LogP contribution in [0.25, 0.3) is 10.8 Å². The Hall–Kier alpha value is -2.03. The van der Waals surface area contributed by atoms with Crippen molar-refractivity contribution in [2.45, 2.75) is 44.9 Å². The van der Waals surface area contributed by atoms with E-state index in [0.717, 1.165) is 28.8 Å². The number of anilines is 1. The van der Waals surface area contributed by atoms with Crippen molar-refractivity contribution in [3.05, 3.63) is 36.4 Å². The maximum absolute atomic E-state index is 12.2. The summed E-state index contributed by atoms with van der Waals surface area (Å²) in [4.78, 5) is 12.2. The van der Waals surface area contributed by atoms with Gasteiger partial charge in [-0.2, -0.15) is 0 Å². The first kappa shape index (κ1) is 14.9. The molecule has 0 aliphatic heterocycles. The molecular weight excluding hydrogens is 274 g/mol. The number of phenols is 1. The van der Waals surface area contributed by atoms with Crippen molar-refractivity contribution in [1.82, 2.24) is 0 Å². The number of aromatic hydroxyl groups is 1. The molecule has 1 aliphatic carbocycles. The summed E-state index contributed by atoms with van der Waals surface area (Å²) in [6.45, 7) is 0. The molecule has 3 nitrogen and oxygen atoms in total. The summed E-state index contributed by atoms with van der Waals surface area (Å²) in [7, 11) is 0. The lowest BCUT2D eigenvalue weighted by molar-refractivity contribution is -0.116. The largest absolute Gasteiger partial charge is 0.507 e. The second kappa shape index (κ2) is 6.82. The van der Waals surface area contributed by atoms with E-state index in [1.54, 1.807) is 12.1 Å². The van der Waals surface area contributed by atoms with Gasteiger partial charge < -0.3 is 10.4 Å². The number of phenolic OH excluding ortho intramolecular Hbond substituents is 1. The monoisotopic (exact) mass is 297 g/mol. The molecule has 0 spiro atoms. The summed E-state index contributed by atoms with van der Waals surface area (Å²) in [6.07, 6.45) is 8.10. The molecule has 0 radical (unpaired) electrons. The van der Waals surface area contributed by atoms with E-state index in [9.17, 15) is 9.90 Å². The molecule has 1 amide bonds. The number of benzene rings is 2. The first-order valence-corrected chi connectivity index (χ1v) is 8.24. The Morgan fingerprint density at radius 2 is 1.77 bits per heavy atom. The average Bonchev–Trinajstić information content (AvgIpc) is 2.55. The Morgan fingerprint density at radius 3 is 2.59 bits per heavy atom. The molecule has 3 rings (SSSR count). The molecule has 0 saturated heterocycles. The third kappa shape index (κ3) is 3.41. The highest BCUT2D eigenvalue weighted by Gasteiger charge is 2.15. The molecule has 0 bridgehead atoms. The number of fused-ring (bicyclic) bond motifs is 1. The molecule has 2 aromatic rings. The minimum atomic E-state index is 0.0708. The fraction of sp³-hybridized carbons (Fsp3) is 0.421. The maximum atomic E-state index is 12.2. The minimum absolute atomic E-state index is 0.0708. The third-order valence-electron chi connectivity index (χ3n) is 4.68. The van der Waals surface area contributed by atoms with Crippen LogP contribution in [0.4, 0.5) is 5.69 Å². The van der Waals surface area contributed by atoms with Crippen molar-refractivity contribution in [1.29, 1.82) is 0 Å². The van der Waals surface area contributed by atoms with Crippen LogP contribution in [0, 0.1) is 5.92 Å². The van der Waals surface area contributed by atoms with E-state index < -0.39 is 0 Å². The van der Waals surface area contributed by atoms with Gasteiger partial charge in [-0.3, -0.25) is 4.79 Å². The van der Waals surface area contributed by atoms with Gasteiger partial charge >= 0.3 is 0 Å². The van der Waals surface area contributed by atoms with Gasteiger partial charge in [0.1, 0.15) is 5.75 Å². The molecule has 116 valence electrons. The molecule has 22 heavy (non-hydrogen) atoms. The van der Waals surface area contributed by atoms with Gasteiger partial charge in [-0.05, 0) is 24.5 Å². The predicted octanol–water partition coefficient (Wildman–Crippen LogP) is 4.84. The average molecular weight is 297 g/mol. The molecule has 0 unspecified atom stereocenters. The van der Waals surface area contributed by atoms with Crippen LogP contribution in [0.2, 0.25) is 0 Å². The summed E-state index contributed by atoms with van der Waals surface area (Å²) in [6, 6.07) is 11.0. The minimum Gasteiger partial charge on any atom is -0.507 e. The van der Waals surface area contributed by atoms with Crippen LogP contribution in [-0.4, -0.2) is 11.0 Å². The van der Waals surface area contributed by atoms with Crippen LogP contribution in [0.15, 0.2) is 36.4 Å². The highest BCUT2D eigenvalue weighted by molar-refractivity contribution is 6.03. The zero-order valence-electron chi connectivity index (χ0n) is 12.8. The molecular formula is C19H23NO2. The Kier molecular flexibility index (Phi) is 4.62. The van der Waals surface area contributed by atoms with Gasteiger partial charge in [0.25, 0.3) is 0 Å². The lowest BCUT2D eigenvalue weighted by Gasteiger charge is -2.21. The molecule has 2 N–H and O–H groups in total. The zero-order chi connectivity index (χ0) is 15.4. The second-order valence-electron chi connectivity index (χ2n) is 6.27. The van der Waals surface area contributed by atoms with E-state index in [2.05, 4.69) is 5.32 Å². The van der Waals surface area contributed by atoms with Crippen LogP contribution in [0.5, 0.6) is 5.75 Å². The maximum Gasteiger partial charge on any atom is 0.224 e. The molecule has 3 heteroatoms. The number of rotatable bonds is 4. The lowest BCUT2D eigenvalue weighted by atomic mass is 9.86. The number of hydrogen-bond donors (Lipinski definition) is 2. The van der Waals surface area contributed by atoms with Crippen molar-refractivity contribution in [3.63, 3.8) is 0 Å². The normalized spacial score (nSPS) is 15.8. The topological polar surface area (TPSA) is 49.3 Å². The van der Waals surface area contributed by atoms with E-state index in [1.165, 1.54) is 32.1 Å². The van der Waals surface area contributed by atoms with Crippen LogP contribution in [0.3, 0.4) is 0 Å². The molecule has 1 saturated carbocycles. The van der Waals surface area contributed by atoms with Crippen LogP contribution in [0.1, 0.15) is 44.9 Å². The summed E-state index contributed by atoms with van der Waals surface area (Å²) >= 11 is 0. The molecule has 2 aromatic carbocycles. The van der Waals surface area contributed by atoms with E-state index in [-0.39, 0.29) is 11.7 Å². The zero-order valence-corrected chi connectivity index (χ0v) is 12.8. The van der Waals surface area contributed by atoms with Crippen molar-refractivity contribution in [2.75, 3.05) is 5.32 Å². The highest BCUT2D eigenvalue weighted by Crippen LogP contribution is 2.30. The standard InChI is InChI=1S/C19H23NO2/c21-18-11-5-8-15-16(18)9-4-10-17(15)20-19(22)13-12-14-6-2-1-3-7-14/h4-5,8-11,14,21H,1-3,6-7,12-13H2,(H,20,22). The summed E-state index contributed by atoms with van der Waals surface area (Å²) in [5.74, 6) is 1.04. The quantitative estimate of drug-likeness (QED) is 0.848. The molecule has 0 heterocycles. The Labute approximate surface area is 131 Å². The van der Waals surface area contributed by atoms with Gasteiger partial charge in [-0.1, -0.05) is 56.4 Å². The van der Waals surface area contributed by atoms with Gasteiger partial charge in [-0.15, -0.1) is 0 Å². The van der Waals surface area contributed by atoms with E-state index in [1.807, 2.05) is 24.3 Å². The van der Waals surface area contributed by atoms with Crippen molar-refractivity contribution >= 4 is 22.4 Å². The number of amides is 1. The third-order valence-corrected chi connectivity index (χ3v) is 4.68. The fourth-order valence-electron chi connectivity index (χ4n) is 3.43. The smallest absolute Gasteiger partial charge is 0.224 e. The van der Waals surface area contributed by atoms with Crippen LogP contribution >= 0.6 is 0 Å². The predicted molar refractivity (Wildman–Crippen MR) is 90.1 cm³/mol. The SMILES string of the molecule is O=C(CCC1CCCCC1)Nc1cccc2c(O)cccc12. The lowest BCUT2D eigenvalue weighted by Crippen LogP contribution is -2.15. The summed E-state index contributed by atoms with van der Waals surface area (Å²) < 4.78 is 0. The molecule has 0 aromatic heterocycles. The molecule has 1 fully saturated rings. The second-order valence-corrected chi connectivity index (χ2v) is 6.27. The number of hydrogen-bond acceptors (Lipinski definition) is 2. The first-order chi connectivity index (χ1) is 10.7. The number of nitrogens with one attached hydrogen (secondary N) is 1. The summed E-state index contributed by atoms with van der Waals surface area (Å²) in [5.41, 5.74) is 0.780. The van der Waals surface area contributed by atoms with Gasteiger partial charge in [0.15, 0.2) is 0 Å². The van der Waals surface area contributed by atoms with Gasteiger partial charge in [-0.25, -0.2) is 0 Å². The molecule has 0 atom stereocenters. The van der Waals surface area contributed by atoms with E-state index in [4.69, 9.17) is 0 Å². The van der Waals surface area contributed by atoms with Crippen LogP contribution < -0.4 is 5.32 Å². The van der Waals surface area contributed by atoms with Crippen molar-refractivity contribution < 1.29 is 9.90 Å². The number of carbonyl (C=O) groups is 1. The highest BCUT2D eigenvalue weighted by atomic mass is 16.3. The van der Waals surface area contributed by atoms with Crippen molar-refractivity contribution in [3.8, 4) is 5.75 Å². The Bertz CT molecular complexity index is 660. The molecule has 1 aliphatic rings. The van der Waals surface area contributed by atoms with E-state index in [0.29, 0.717) is 6.42 Å². The van der Waals surface area contributed by atoms with Gasteiger partial charge in [0.05, 0.1) is 0 Å². The van der Waals surface area contributed by atoms with Gasteiger partial charge in [0, 0.05) is 22.9 Å². The first-order valence-electron chi connectivity index (χ1n) is 8.24. The van der Waals surface area contributed by atoms with Crippen molar-refractivity contribution in [2.24, 2.45) is 5.92 Å². The number of carbonyl (C=O) groups excluding carboxylic acids is 1. The Balaban J connectivity index is 1.65.